The minimum atomic E-state index is -0.393. The lowest BCUT2D eigenvalue weighted by Crippen LogP contribution is -2.33. The highest BCUT2D eigenvalue weighted by Crippen LogP contribution is 2.23. The van der Waals surface area contributed by atoms with Gasteiger partial charge in [0, 0.05) is 0 Å². The summed E-state index contributed by atoms with van der Waals surface area (Å²) in [5, 5.41) is 11.6. The van der Waals surface area contributed by atoms with Crippen LogP contribution in [0.3, 0.4) is 0 Å². The molecule has 1 fully saturated rings. The van der Waals surface area contributed by atoms with E-state index in [2.05, 4.69) is 5.32 Å². The third-order valence-electron chi connectivity index (χ3n) is 1.34. The molecule has 0 bridgehead atoms. The van der Waals surface area contributed by atoms with Crippen LogP contribution in [0.2, 0.25) is 0 Å². The molecule has 0 aromatic rings. The van der Waals surface area contributed by atoms with Gasteiger partial charge in [-0.1, -0.05) is 0 Å². The maximum atomic E-state index is 9.87. The van der Waals surface area contributed by atoms with E-state index in [0.29, 0.717) is 6.41 Å². The first-order chi connectivity index (χ1) is 4.34. The lowest BCUT2D eigenvalue weighted by Gasteiger charge is -2.10. The lowest BCUT2D eigenvalue weighted by atomic mass is 10.2. The Kier molecular flexibility index (Phi) is 2.36. The van der Waals surface area contributed by atoms with Gasteiger partial charge in [0.25, 0.3) is 0 Å². The van der Waals surface area contributed by atoms with Crippen molar-refractivity contribution in [3.05, 3.63) is 0 Å². The number of hydrogen-bond donors (Lipinski definition) is 2. The van der Waals surface area contributed by atoms with Crippen LogP contribution in [0.1, 0.15) is 6.42 Å². The van der Waals surface area contributed by atoms with Crippen LogP contribution in [0.5, 0.6) is 0 Å². The molecule has 2 atom stereocenters. The highest BCUT2D eigenvalue weighted by atomic mass is 32.2. The Labute approximate surface area is 57.8 Å². The normalized spacial score (nSPS) is 34.3. The van der Waals surface area contributed by atoms with E-state index in [1.54, 1.807) is 0 Å². The maximum Gasteiger partial charge on any atom is 0.207 e. The SMILES string of the molecule is O=CNC1CCSC1O. The molecule has 4 heteroatoms. The molecular formula is C5H9NO2S. The first-order valence-electron chi connectivity index (χ1n) is 2.84. The smallest absolute Gasteiger partial charge is 0.207 e. The molecular weight excluding hydrogens is 138 g/mol. The molecule has 0 aliphatic carbocycles. The van der Waals surface area contributed by atoms with Gasteiger partial charge in [0.15, 0.2) is 0 Å². The number of carbonyl (C=O) groups is 1. The highest BCUT2D eigenvalue weighted by Gasteiger charge is 2.24. The number of carbonyl (C=O) groups excluding carboxylic acids is 1. The summed E-state index contributed by atoms with van der Waals surface area (Å²) in [5.74, 6) is 0.937. The van der Waals surface area contributed by atoms with Crippen LogP contribution in [0, 0.1) is 0 Å². The molecule has 3 nitrogen and oxygen atoms in total. The average molecular weight is 147 g/mol. The number of thioether (sulfide) groups is 1. The second-order valence-electron chi connectivity index (χ2n) is 1.94. The molecule has 1 rings (SSSR count). The first kappa shape index (κ1) is 6.89. The van der Waals surface area contributed by atoms with Crippen LogP contribution in [0.25, 0.3) is 0 Å². The Hall–Kier alpha value is -0.220. The topological polar surface area (TPSA) is 49.3 Å². The van der Waals surface area contributed by atoms with E-state index in [1.165, 1.54) is 11.8 Å². The zero-order chi connectivity index (χ0) is 6.69. The summed E-state index contributed by atoms with van der Waals surface area (Å²) >= 11 is 1.48. The number of nitrogens with one attached hydrogen (secondary N) is 1. The summed E-state index contributed by atoms with van der Waals surface area (Å²) in [5.41, 5.74) is -0.393. The molecule has 0 spiro atoms. The van der Waals surface area contributed by atoms with Gasteiger partial charge in [0.2, 0.25) is 6.41 Å². The number of hydrogen-bond acceptors (Lipinski definition) is 3. The van der Waals surface area contributed by atoms with Crippen molar-refractivity contribution in [2.45, 2.75) is 17.9 Å². The Morgan fingerprint density at radius 1 is 1.78 bits per heavy atom. The molecule has 1 heterocycles. The van der Waals surface area contributed by atoms with Gasteiger partial charge in [0.1, 0.15) is 5.44 Å². The summed E-state index contributed by atoms with van der Waals surface area (Å²) in [6.45, 7) is 0. The third-order valence-corrected chi connectivity index (χ3v) is 2.49. The van der Waals surface area contributed by atoms with Crippen molar-refractivity contribution in [1.29, 1.82) is 0 Å². The molecule has 9 heavy (non-hydrogen) atoms. The molecule has 2 N–H and O–H groups in total. The van der Waals surface area contributed by atoms with Gasteiger partial charge >= 0.3 is 0 Å². The van der Waals surface area contributed by atoms with E-state index < -0.39 is 5.44 Å². The van der Waals surface area contributed by atoms with Gasteiger partial charge in [-0.25, -0.2) is 0 Å². The van der Waals surface area contributed by atoms with E-state index in [4.69, 9.17) is 5.11 Å². The summed E-state index contributed by atoms with van der Waals surface area (Å²) in [4.78, 5) is 9.87. The molecule has 2 unspecified atom stereocenters. The molecule has 1 amide bonds. The summed E-state index contributed by atoms with van der Waals surface area (Å²) < 4.78 is 0. The van der Waals surface area contributed by atoms with Crippen molar-refractivity contribution >= 4 is 18.2 Å². The molecule has 0 saturated carbocycles. The van der Waals surface area contributed by atoms with Crippen molar-refractivity contribution in [3.63, 3.8) is 0 Å². The van der Waals surface area contributed by atoms with Crippen LogP contribution >= 0.6 is 11.8 Å². The quantitative estimate of drug-likeness (QED) is 0.520. The van der Waals surface area contributed by atoms with Crippen LogP contribution in [-0.2, 0) is 4.79 Å². The van der Waals surface area contributed by atoms with Gasteiger partial charge in [-0.15, -0.1) is 11.8 Å². The van der Waals surface area contributed by atoms with Gasteiger partial charge < -0.3 is 10.4 Å². The van der Waals surface area contributed by atoms with Gasteiger partial charge in [-0.3, -0.25) is 4.79 Å². The van der Waals surface area contributed by atoms with E-state index in [0.717, 1.165) is 12.2 Å². The van der Waals surface area contributed by atoms with E-state index in [-0.39, 0.29) is 6.04 Å². The Morgan fingerprint density at radius 2 is 2.56 bits per heavy atom. The Balaban J connectivity index is 2.30. The summed E-state index contributed by atoms with van der Waals surface area (Å²) in [7, 11) is 0. The molecule has 1 aliphatic heterocycles. The minimum Gasteiger partial charge on any atom is -0.380 e. The van der Waals surface area contributed by atoms with Crippen molar-refractivity contribution in [2.75, 3.05) is 5.75 Å². The van der Waals surface area contributed by atoms with Gasteiger partial charge in [-0.2, -0.15) is 0 Å². The van der Waals surface area contributed by atoms with E-state index in [1.807, 2.05) is 0 Å². The van der Waals surface area contributed by atoms with E-state index in [9.17, 15) is 4.79 Å². The second kappa shape index (κ2) is 3.08. The van der Waals surface area contributed by atoms with Crippen LogP contribution in [-0.4, -0.2) is 28.7 Å². The fourth-order valence-corrected chi connectivity index (χ4v) is 1.91. The minimum absolute atomic E-state index is 0.0208. The molecule has 0 aromatic carbocycles. The van der Waals surface area contributed by atoms with Crippen molar-refractivity contribution in [3.8, 4) is 0 Å². The molecule has 52 valence electrons. The second-order valence-corrected chi connectivity index (χ2v) is 3.17. The van der Waals surface area contributed by atoms with Gasteiger partial charge in [-0.05, 0) is 12.2 Å². The van der Waals surface area contributed by atoms with Crippen molar-refractivity contribution in [1.82, 2.24) is 5.32 Å². The predicted octanol–water partition coefficient (Wildman–Crippen LogP) is -0.444. The molecule has 1 saturated heterocycles. The van der Waals surface area contributed by atoms with E-state index >= 15 is 0 Å². The maximum absolute atomic E-state index is 9.87. The molecule has 0 radical (unpaired) electrons. The molecule has 1 aliphatic rings. The average Bonchev–Trinajstić information content (AvgIpc) is 2.18. The van der Waals surface area contributed by atoms with Crippen LogP contribution in [0.15, 0.2) is 0 Å². The van der Waals surface area contributed by atoms with Crippen LogP contribution in [0.4, 0.5) is 0 Å². The van der Waals surface area contributed by atoms with Gasteiger partial charge in [0.05, 0.1) is 6.04 Å². The number of aliphatic hydroxyl groups is 1. The monoisotopic (exact) mass is 147 g/mol. The highest BCUT2D eigenvalue weighted by molar-refractivity contribution is 8.00. The zero-order valence-electron chi connectivity index (χ0n) is 4.91. The fourth-order valence-electron chi connectivity index (χ4n) is 0.828. The standard InChI is InChI=1S/C5H9NO2S/c7-3-6-4-1-2-9-5(4)8/h3-5,8H,1-2H2,(H,6,7). The van der Waals surface area contributed by atoms with Crippen LogP contribution < -0.4 is 5.32 Å². The van der Waals surface area contributed by atoms with Crippen molar-refractivity contribution in [2.24, 2.45) is 0 Å². The number of rotatable bonds is 2. The summed E-state index contributed by atoms with van der Waals surface area (Å²) in [6, 6.07) is -0.0208. The lowest BCUT2D eigenvalue weighted by molar-refractivity contribution is -0.110. The number of aliphatic hydroxyl groups excluding tert-OH is 1. The summed E-state index contributed by atoms with van der Waals surface area (Å²) in [6.07, 6.45) is 1.52. The molecule has 0 aromatic heterocycles. The third kappa shape index (κ3) is 1.59. The van der Waals surface area contributed by atoms with Crippen molar-refractivity contribution < 1.29 is 9.90 Å². The predicted molar refractivity (Wildman–Crippen MR) is 36.1 cm³/mol. The Morgan fingerprint density at radius 3 is 3.00 bits per heavy atom. The first-order valence-corrected chi connectivity index (χ1v) is 3.89. The number of amides is 1. The zero-order valence-corrected chi connectivity index (χ0v) is 5.73. The Bertz CT molecular complexity index is 109. The fraction of sp³-hybridized carbons (Fsp3) is 0.800. The largest absolute Gasteiger partial charge is 0.380 e.